The van der Waals surface area contributed by atoms with Gasteiger partial charge in [0.15, 0.2) is 0 Å². The van der Waals surface area contributed by atoms with E-state index in [9.17, 15) is 14.4 Å². The third-order valence-electron chi connectivity index (χ3n) is 7.13. The standard InChI is InChI=1S/C23H30N2O5/c1-23(2)16-12-25(19(18(16)23)22(28)29-3)21(27)17(11-14-7-5-4-6-8-14)24-20(26)15-9-10-30-13-15/h4-8,15-19H,9-13H2,1-3H3,(H,24,26)/t15-,16-,17-,18-,19-/m0/s1. The van der Waals surface area contributed by atoms with E-state index in [0.29, 0.717) is 32.6 Å². The van der Waals surface area contributed by atoms with Gasteiger partial charge in [-0.25, -0.2) is 4.79 Å². The van der Waals surface area contributed by atoms with E-state index in [1.807, 2.05) is 30.3 Å². The molecule has 2 saturated heterocycles. The van der Waals surface area contributed by atoms with E-state index in [0.717, 1.165) is 5.56 Å². The van der Waals surface area contributed by atoms with Crippen LogP contribution in [0.3, 0.4) is 0 Å². The lowest BCUT2D eigenvalue weighted by Gasteiger charge is -2.32. The number of hydrogen-bond acceptors (Lipinski definition) is 5. The minimum atomic E-state index is -0.728. The van der Waals surface area contributed by atoms with Crippen LogP contribution >= 0.6 is 0 Å². The number of ether oxygens (including phenoxy) is 2. The molecule has 2 aliphatic heterocycles. The molecule has 1 N–H and O–H groups in total. The fourth-order valence-electron chi connectivity index (χ4n) is 5.18. The highest BCUT2D eigenvalue weighted by atomic mass is 16.5. The van der Waals surface area contributed by atoms with E-state index in [4.69, 9.17) is 9.47 Å². The number of carbonyl (C=O) groups excluding carboxylic acids is 3. The molecule has 0 aromatic heterocycles. The monoisotopic (exact) mass is 414 g/mol. The van der Waals surface area contributed by atoms with Gasteiger partial charge < -0.3 is 19.7 Å². The molecule has 7 heteroatoms. The minimum Gasteiger partial charge on any atom is -0.467 e. The van der Waals surface area contributed by atoms with Crippen LogP contribution in [0.2, 0.25) is 0 Å². The molecular weight excluding hydrogens is 384 g/mol. The number of rotatable bonds is 6. The van der Waals surface area contributed by atoms with Crippen molar-refractivity contribution in [2.24, 2.45) is 23.2 Å². The largest absolute Gasteiger partial charge is 0.467 e. The lowest BCUT2D eigenvalue weighted by Crippen LogP contribution is -2.55. The second-order valence-electron chi connectivity index (χ2n) is 9.22. The third kappa shape index (κ3) is 3.71. The van der Waals surface area contributed by atoms with Crippen LogP contribution in [-0.2, 0) is 30.3 Å². The van der Waals surface area contributed by atoms with Crippen molar-refractivity contribution >= 4 is 17.8 Å². The summed E-state index contributed by atoms with van der Waals surface area (Å²) in [5.41, 5.74) is 0.979. The summed E-state index contributed by atoms with van der Waals surface area (Å²) in [5, 5.41) is 2.95. The minimum absolute atomic E-state index is 0.0228. The molecule has 1 aromatic carbocycles. The zero-order valence-corrected chi connectivity index (χ0v) is 17.8. The van der Waals surface area contributed by atoms with E-state index in [1.54, 1.807) is 4.90 Å². The van der Waals surface area contributed by atoms with Crippen molar-refractivity contribution in [1.29, 1.82) is 0 Å². The maximum absolute atomic E-state index is 13.6. The number of amides is 2. The summed E-state index contributed by atoms with van der Waals surface area (Å²) in [5.74, 6) is -0.619. The first-order valence-corrected chi connectivity index (χ1v) is 10.6. The normalized spacial score (nSPS) is 29.8. The quantitative estimate of drug-likeness (QED) is 0.712. The molecule has 30 heavy (non-hydrogen) atoms. The Morgan fingerprint density at radius 2 is 2.00 bits per heavy atom. The van der Waals surface area contributed by atoms with Crippen LogP contribution < -0.4 is 5.32 Å². The van der Waals surface area contributed by atoms with Crippen LogP contribution in [0, 0.1) is 23.2 Å². The van der Waals surface area contributed by atoms with Crippen molar-refractivity contribution in [2.75, 3.05) is 26.9 Å². The van der Waals surface area contributed by atoms with Crippen LogP contribution in [-0.4, -0.2) is 61.6 Å². The number of likely N-dealkylation sites (tertiary alicyclic amines) is 1. The first-order valence-electron chi connectivity index (χ1n) is 10.6. The average molecular weight is 415 g/mol. The number of nitrogens with zero attached hydrogens (tertiary/aromatic N) is 1. The maximum atomic E-state index is 13.6. The molecule has 1 saturated carbocycles. The van der Waals surface area contributed by atoms with Gasteiger partial charge in [0.25, 0.3) is 0 Å². The summed E-state index contributed by atoms with van der Waals surface area (Å²) >= 11 is 0. The van der Waals surface area contributed by atoms with Gasteiger partial charge in [-0.1, -0.05) is 44.2 Å². The van der Waals surface area contributed by atoms with Crippen molar-refractivity contribution in [3.8, 4) is 0 Å². The SMILES string of the molecule is COC(=O)[C@@H]1[C@@H]2[C@H](CN1C(=O)[C@H](Cc1ccccc1)NC(=O)[C@H]1CCOC1)C2(C)C. The zero-order valence-electron chi connectivity index (χ0n) is 17.8. The Bertz CT molecular complexity index is 818. The summed E-state index contributed by atoms with van der Waals surface area (Å²) in [6, 6.07) is 8.29. The van der Waals surface area contributed by atoms with Gasteiger partial charge in [-0.15, -0.1) is 0 Å². The molecule has 0 unspecified atom stereocenters. The van der Waals surface area contributed by atoms with Gasteiger partial charge in [0.05, 0.1) is 19.6 Å². The zero-order chi connectivity index (χ0) is 21.5. The maximum Gasteiger partial charge on any atom is 0.328 e. The molecule has 0 bridgehead atoms. The van der Waals surface area contributed by atoms with E-state index in [2.05, 4.69) is 19.2 Å². The molecule has 4 rings (SSSR count). The van der Waals surface area contributed by atoms with Gasteiger partial charge >= 0.3 is 5.97 Å². The summed E-state index contributed by atoms with van der Waals surface area (Å²) in [4.78, 5) is 40.5. The Balaban J connectivity index is 1.55. The highest BCUT2D eigenvalue weighted by Crippen LogP contribution is 2.65. The van der Waals surface area contributed by atoms with E-state index in [-0.39, 0.29) is 41.0 Å². The second-order valence-corrected chi connectivity index (χ2v) is 9.22. The van der Waals surface area contributed by atoms with Crippen molar-refractivity contribution in [2.45, 2.75) is 38.8 Å². The summed E-state index contributed by atoms with van der Waals surface area (Å²) in [6.07, 6.45) is 1.03. The number of methoxy groups -OCH3 is 1. The summed E-state index contributed by atoms with van der Waals surface area (Å²) < 4.78 is 10.4. The van der Waals surface area contributed by atoms with Crippen LogP contribution in [0.1, 0.15) is 25.8 Å². The van der Waals surface area contributed by atoms with Crippen molar-refractivity contribution < 1.29 is 23.9 Å². The number of esters is 1. The van der Waals surface area contributed by atoms with E-state index >= 15 is 0 Å². The van der Waals surface area contributed by atoms with Crippen LogP contribution in [0.15, 0.2) is 30.3 Å². The average Bonchev–Trinajstić information content (AvgIpc) is 3.21. The predicted octanol–water partition coefficient (Wildman–Crippen LogP) is 1.41. The molecule has 0 radical (unpaired) electrons. The Labute approximate surface area is 177 Å². The molecule has 162 valence electrons. The Morgan fingerprint density at radius 3 is 2.63 bits per heavy atom. The van der Waals surface area contributed by atoms with Gasteiger partial charge in [-0.05, 0) is 23.3 Å². The first kappa shape index (κ1) is 20.8. The topological polar surface area (TPSA) is 84.9 Å². The van der Waals surface area contributed by atoms with Gasteiger partial charge in [-0.2, -0.15) is 0 Å². The van der Waals surface area contributed by atoms with Gasteiger partial charge in [0.1, 0.15) is 12.1 Å². The van der Waals surface area contributed by atoms with Gasteiger partial charge in [-0.3, -0.25) is 9.59 Å². The van der Waals surface area contributed by atoms with Crippen LogP contribution in [0.5, 0.6) is 0 Å². The van der Waals surface area contributed by atoms with E-state index < -0.39 is 12.1 Å². The lowest BCUT2D eigenvalue weighted by atomic mass is 9.98. The molecule has 5 atom stereocenters. The lowest BCUT2D eigenvalue weighted by molar-refractivity contribution is -0.154. The first-order chi connectivity index (χ1) is 14.3. The fourth-order valence-corrected chi connectivity index (χ4v) is 5.18. The molecular formula is C23H30N2O5. The number of benzene rings is 1. The van der Waals surface area contributed by atoms with Gasteiger partial charge in [0.2, 0.25) is 11.8 Å². The van der Waals surface area contributed by atoms with Crippen LogP contribution in [0.4, 0.5) is 0 Å². The Kier molecular flexibility index (Phi) is 5.57. The van der Waals surface area contributed by atoms with Crippen molar-refractivity contribution in [1.82, 2.24) is 10.2 Å². The molecule has 2 amide bonds. The molecule has 1 aliphatic carbocycles. The number of piperidine rings is 1. The van der Waals surface area contributed by atoms with Crippen LogP contribution in [0.25, 0.3) is 0 Å². The summed E-state index contributed by atoms with van der Waals surface area (Å²) in [6.45, 7) is 5.71. The molecule has 1 aromatic rings. The smallest absolute Gasteiger partial charge is 0.328 e. The number of carbonyl (C=O) groups is 3. The Hall–Kier alpha value is -2.41. The number of hydrogen-bond donors (Lipinski definition) is 1. The summed E-state index contributed by atoms with van der Waals surface area (Å²) in [7, 11) is 1.36. The molecule has 3 aliphatic rings. The molecule has 3 fully saturated rings. The fraction of sp³-hybridized carbons (Fsp3) is 0.609. The van der Waals surface area contributed by atoms with Crippen molar-refractivity contribution in [3.63, 3.8) is 0 Å². The van der Waals surface area contributed by atoms with Gasteiger partial charge in [0, 0.05) is 25.5 Å². The number of fused-ring (bicyclic) bond motifs is 1. The third-order valence-corrected chi connectivity index (χ3v) is 7.13. The second kappa shape index (κ2) is 8.02. The number of nitrogens with one attached hydrogen (secondary N) is 1. The highest BCUT2D eigenvalue weighted by Gasteiger charge is 2.70. The van der Waals surface area contributed by atoms with Crippen molar-refractivity contribution in [3.05, 3.63) is 35.9 Å². The predicted molar refractivity (Wildman–Crippen MR) is 109 cm³/mol. The van der Waals surface area contributed by atoms with E-state index in [1.165, 1.54) is 7.11 Å². The molecule has 7 nitrogen and oxygen atoms in total. The molecule has 0 spiro atoms. The Morgan fingerprint density at radius 1 is 1.27 bits per heavy atom. The highest BCUT2D eigenvalue weighted by molar-refractivity contribution is 5.92. The molecule has 2 heterocycles.